The highest BCUT2D eigenvalue weighted by atomic mass is 16.7. The third kappa shape index (κ3) is 5.73. The van der Waals surface area contributed by atoms with Crippen LogP contribution in [0.5, 0.6) is 5.75 Å². The summed E-state index contributed by atoms with van der Waals surface area (Å²) in [4.78, 5) is 23.8. The van der Waals surface area contributed by atoms with Gasteiger partial charge in [-0.2, -0.15) is 0 Å². The molecule has 0 bridgehead atoms. The van der Waals surface area contributed by atoms with Crippen LogP contribution in [-0.4, -0.2) is 39.1 Å². The van der Waals surface area contributed by atoms with Crippen molar-refractivity contribution in [2.75, 3.05) is 27.1 Å². The molecule has 1 rings (SSSR count). The number of esters is 2. The van der Waals surface area contributed by atoms with Gasteiger partial charge in [0.25, 0.3) is 0 Å². The molecule has 1 aromatic carbocycles. The van der Waals surface area contributed by atoms with Gasteiger partial charge in [-0.25, -0.2) is 0 Å². The quantitative estimate of drug-likeness (QED) is 0.394. The summed E-state index contributed by atoms with van der Waals surface area (Å²) in [5, 5.41) is 0. The number of benzene rings is 1. The number of carbonyl (C=O) groups is 2. The summed E-state index contributed by atoms with van der Waals surface area (Å²) in [5.41, 5.74) is 0.816. The Bertz CT molecular complexity index is 450. The molecule has 0 aliphatic rings. The number of ether oxygens (including phenoxy) is 4. The summed E-state index contributed by atoms with van der Waals surface area (Å²) in [6.07, 6.45) is 0.224. The van der Waals surface area contributed by atoms with E-state index in [1.807, 2.05) is 0 Å². The van der Waals surface area contributed by atoms with Crippen LogP contribution in [0.25, 0.3) is 0 Å². The smallest absolute Gasteiger partial charge is 0.320 e. The summed E-state index contributed by atoms with van der Waals surface area (Å²) in [5.74, 6) is -1.44. The average Bonchev–Trinajstić information content (AvgIpc) is 2.52. The van der Waals surface area contributed by atoms with Gasteiger partial charge >= 0.3 is 11.9 Å². The van der Waals surface area contributed by atoms with Crippen LogP contribution >= 0.6 is 0 Å². The Morgan fingerprint density at radius 1 is 1.00 bits per heavy atom. The fourth-order valence-electron chi connectivity index (χ4n) is 1.83. The highest BCUT2D eigenvalue weighted by Crippen LogP contribution is 2.17. The standard InChI is InChI=1S/C16H22O6/c1-4-20-15(17)14(16(18)21-5-2)10-12-6-8-13(9-7-12)22-11-19-3/h6-9,14H,4-5,10-11H2,1-3H3. The van der Waals surface area contributed by atoms with Crippen molar-refractivity contribution in [2.45, 2.75) is 20.3 Å². The molecule has 0 N–H and O–H groups in total. The van der Waals surface area contributed by atoms with Gasteiger partial charge in [0.2, 0.25) is 0 Å². The topological polar surface area (TPSA) is 71.1 Å². The number of methoxy groups -OCH3 is 1. The zero-order chi connectivity index (χ0) is 16.4. The number of rotatable bonds is 9. The maximum atomic E-state index is 11.9. The third-order valence-electron chi connectivity index (χ3n) is 2.85. The second-order valence-corrected chi connectivity index (χ2v) is 4.46. The molecule has 0 aromatic heterocycles. The molecule has 0 radical (unpaired) electrons. The molecule has 0 fully saturated rings. The lowest BCUT2D eigenvalue weighted by Crippen LogP contribution is -2.30. The molecule has 0 saturated carbocycles. The third-order valence-corrected chi connectivity index (χ3v) is 2.85. The van der Waals surface area contributed by atoms with Crippen molar-refractivity contribution in [2.24, 2.45) is 5.92 Å². The number of carbonyl (C=O) groups excluding carboxylic acids is 2. The highest BCUT2D eigenvalue weighted by molar-refractivity contribution is 5.95. The molecule has 0 atom stereocenters. The fourth-order valence-corrected chi connectivity index (χ4v) is 1.83. The van der Waals surface area contributed by atoms with Crippen LogP contribution in [0.2, 0.25) is 0 Å². The summed E-state index contributed by atoms with van der Waals surface area (Å²) < 4.78 is 20.0. The van der Waals surface area contributed by atoms with Gasteiger partial charge in [-0.3, -0.25) is 9.59 Å². The van der Waals surface area contributed by atoms with E-state index in [-0.39, 0.29) is 26.4 Å². The first-order valence-corrected chi connectivity index (χ1v) is 7.16. The van der Waals surface area contributed by atoms with Gasteiger partial charge in [-0.15, -0.1) is 0 Å². The summed E-state index contributed by atoms with van der Waals surface area (Å²) in [6.45, 7) is 3.99. The van der Waals surface area contributed by atoms with E-state index in [9.17, 15) is 9.59 Å². The lowest BCUT2D eigenvalue weighted by atomic mass is 9.99. The van der Waals surface area contributed by atoms with Gasteiger partial charge in [0.05, 0.1) is 13.2 Å². The minimum absolute atomic E-state index is 0.160. The second kappa shape index (κ2) is 9.78. The Morgan fingerprint density at radius 3 is 2.00 bits per heavy atom. The van der Waals surface area contributed by atoms with Crippen LogP contribution in [0.15, 0.2) is 24.3 Å². The van der Waals surface area contributed by atoms with E-state index in [0.29, 0.717) is 5.75 Å². The van der Waals surface area contributed by atoms with Crippen LogP contribution in [0.1, 0.15) is 19.4 Å². The van der Waals surface area contributed by atoms with Crippen molar-refractivity contribution in [3.05, 3.63) is 29.8 Å². The minimum Gasteiger partial charge on any atom is -0.468 e. The van der Waals surface area contributed by atoms with E-state index in [0.717, 1.165) is 5.56 Å². The van der Waals surface area contributed by atoms with Crippen LogP contribution in [-0.2, 0) is 30.2 Å². The molecule has 0 amide bonds. The molecule has 22 heavy (non-hydrogen) atoms. The molecule has 122 valence electrons. The number of hydrogen-bond acceptors (Lipinski definition) is 6. The van der Waals surface area contributed by atoms with Crippen molar-refractivity contribution >= 4 is 11.9 Å². The van der Waals surface area contributed by atoms with Gasteiger partial charge in [0.1, 0.15) is 5.75 Å². The lowest BCUT2D eigenvalue weighted by Gasteiger charge is -2.14. The normalized spacial score (nSPS) is 10.4. The minimum atomic E-state index is -0.953. The van der Waals surface area contributed by atoms with Gasteiger partial charge in [-0.1, -0.05) is 12.1 Å². The summed E-state index contributed by atoms with van der Waals surface area (Å²) in [6, 6.07) is 7.08. The van der Waals surface area contributed by atoms with Crippen molar-refractivity contribution in [3.63, 3.8) is 0 Å². The maximum Gasteiger partial charge on any atom is 0.320 e. The van der Waals surface area contributed by atoms with Crippen LogP contribution < -0.4 is 4.74 Å². The van der Waals surface area contributed by atoms with E-state index in [4.69, 9.17) is 18.9 Å². The first kappa shape index (κ1) is 18.0. The maximum absolute atomic E-state index is 11.9. The molecule has 0 saturated heterocycles. The summed E-state index contributed by atoms with van der Waals surface area (Å²) in [7, 11) is 1.54. The molecule has 6 heteroatoms. The second-order valence-electron chi connectivity index (χ2n) is 4.46. The largest absolute Gasteiger partial charge is 0.468 e. The Labute approximate surface area is 130 Å². The van der Waals surface area contributed by atoms with Crippen molar-refractivity contribution in [1.29, 1.82) is 0 Å². The molecule has 0 aliphatic heterocycles. The van der Waals surface area contributed by atoms with Gasteiger partial charge < -0.3 is 18.9 Å². The van der Waals surface area contributed by atoms with Crippen LogP contribution in [0, 0.1) is 5.92 Å². The SMILES string of the molecule is CCOC(=O)C(Cc1ccc(OCOC)cc1)C(=O)OCC. The zero-order valence-electron chi connectivity index (χ0n) is 13.2. The molecule has 1 aromatic rings. The van der Waals surface area contributed by atoms with Crippen LogP contribution in [0.3, 0.4) is 0 Å². The fraction of sp³-hybridized carbons (Fsp3) is 0.500. The zero-order valence-corrected chi connectivity index (χ0v) is 13.2. The lowest BCUT2D eigenvalue weighted by molar-refractivity contribution is -0.161. The highest BCUT2D eigenvalue weighted by Gasteiger charge is 2.29. The van der Waals surface area contributed by atoms with E-state index in [2.05, 4.69) is 0 Å². The molecule has 0 spiro atoms. The molecule has 0 heterocycles. The Kier molecular flexibility index (Phi) is 7.99. The van der Waals surface area contributed by atoms with Crippen LogP contribution in [0.4, 0.5) is 0 Å². The predicted molar refractivity (Wildman–Crippen MR) is 79.4 cm³/mol. The van der Waals surface area contributed by atoms with E-state index >= 15 is 0 Å². The van der Waals surface area contributed by atoms with Crippen molar-refractivity contribution in [1.82, 2.24) is 0 Å². The average molecular weight is 310 g/mol. The molecule has 0 unspecified atom stereocenters. The van der Waals surface area contributed by atoms with E-state index in [1.165, 1.54) is 7.11 Å². The van der Waals surface area contributed by atoms with Crippen molar-refractivity contribution in [3.8, 4) is 5.75 Å². The monoisotopic (exact) mass is 310 g/mol. The van der Waals surface area contributed by atoms with E-state index < -0.39 is 17.9 Å². The first-order chi connectivity index (χ1) is 10.6. The van der Waals surface area contributed by atoms with Gasteiger partial charge in [-0.05, 0) is 38.0 Å². The first-order valence-electron chi connectivity index (χ1n) is 7.16. The summed E-state index contributed by atoms with van der Waals surface area (Å²) >= 11 is 0. The Hall–Kier alpha value is -2.08. The van der Waals surface area contributed by atoms with Gasteiger partial charge in [0, 0.05) is 7.11 Å². The molecule has 0 aliphatic carbocycles. The molecular weight excluding hydrogens is 288 g/mol. The molecular formula is C16H22O6. The molecule has 6 nitrogen and oxygen atoms in total. The predicted octanol–water partition coefficient (Wildman–Crippen LogP) is 1.95. The number of hydrogen-bond donors (Lipinski definition) is 0. The Balaban J connectivity index is 2.75. The van der Waals surface area contributed by atoms with Gasteiger partial charge in [0.15, 0.2) is 12.7 Å². The van der Waals surface area contributed by atoms with E-state index in [1.54, 1.807) is 38.1 Å². The Morgan fingerprint density at radius 2 is 1.55 bits per heavy atom. The van der Waals surface area contributed by atoms with Crippen molar-refractivity contribution < 1.29 is 28.5 Å².